The van der Waals surface area contributed by atoms with Crippen LogP contribution >= 0.6 is 0 Å². The third kappa shape index (κ3) is 3.22. The summed E-state index contributed by atoms with van der Waals surface area (Å²) in [5.41, 5.74) is 8.57. The lowest BCUT2D eigenvalue weighted by Crippen LogP contribution is -2.15. The van der Waals surface area contributed by atoms with Crippen molar-refractivity contribution in [3.8, 4) is 17.4 Å². The fourth-order valence-electron chi connectivity index (χ4n) is 3.58. The molecule has 8 heteroatoms. The minimum atomic E-state index is -0.580. The Morgan fingerprint density at radius 2 is 1.97 bits per heavy atom. The van der Waals surface area contributed by atoms with Gasteiger partial charge in [0.05, 0.1) is 23.1 Å². The number of aromatic nitrogens is 3. The molecule has 3 heterocycles. The van der Waals surface area contributed by atoms with E-state index in [2.05, 4.69) is 27.6 Å². The van der Waals surface area contributed by atoms with Gasteiger partial charge >= 0.3 is 0 Å². The van der Waals surface area contributed by atoms with E-state index in [-0.39, 0.29) is 5.56 Å². The van der Waals surface area contributed by atoms with E-state index < -0.39 is 5.91 Å². The summed E-state index contributed by atoms with van der Waals surface area (Å²) in [6.45, 7) is 1.22. The van der Waals surface area contributed by atoms with Crippen LogP contribution in [0.2, 0.25) is 0 Å². The van der Waals surface area contributed by atoms with Gasteiger partial charge in [0, 0.05) is 6.54 Å². The maximum Gasteiger partial charge on any atom is 0.252 e. The molecule has 0 atom stereocenters. The van der Waals surface area contributed by atoms with Gasteiger partial charge in [0.15, 0.2) is 17.1 Å². The number of hydrogen-bond acceptors (Lipinski definition) is 7. The molecule has 0 saturated carbocycles. The van der Waals surface area contributed by atoms with Gasteiger partial charge in [-0.25, -0.2) is 4.98 Å². The highest BCUT2D eigenvalue weighted by Crippen LogP contribution is 2.34. The van der Waals surface area contributed by atoms with E-state index in [4.69, 9.17) is 20.0 Å². The summed E-state index contributed by atoms with van der Waals surface area (Å²) in [6.07, 6.45) is 1.74. The Hall–Kier alpha value is -3.94. The molecule has 4 aromatic rings. The Balaban J connectivity index is 1.58. The molecule has 3 N–H and O–H groups in total. The molecular formula is C22H19N5O3. The van der Waals surface area contributed by atoms with Crippen LogP contribution in [0.4, 0.5) is 5.82 Å². The smallest absolute Gasteiger partial charge is 0.252 e. The van der Waals surface area contributed by atoms with Crippen molar-refractivity contribution >= 4 is 22.7 Å². The third-order valence-electron chi connectivity index (χ3n) is 5.06. The van der Waals surface area contributed by atoms with Crippen molar-refractivity contribution in [2.45, 2.75) is 19.4 Å². The molecule has 0 fully saturated rings. The van der Waals surface area contributed by atoms with Gasteiger partial charge in [0.25, 0.3) is 5.91 Å². The molecule has 0 aliphatic carbocycles. The van der Waals surface area contributed by atoms with E-state index in [1.807, 2.05) is 18.2 Å². The van der Waals surface area contributed by atoms with Gasteiger partial charge in [-0.15, -0.1) is 0 Å². The first-order chi connectivity index (χ1) is 14.7. The highest BCUT2D eigenvalue weighted by Gasteiger charge is 2.23. The van der Waals surface area contributed by atoms with Gasteiger partial charge in [-0.3, -0.25) is 4.79 Å². The van der Waals surface area contributed by atoms with E-state index in [1.165, 1.54) is 0 Å². The van der Waals surface area contributed by atoms with Crippen LogP contribution in [0.1, 0.15) is 27.9 Å². The molecule has 5 rings (SSSR count). The molecule has 2 aromatic carbocycles. The van der Waals surface area contributed by atoms with Crippen LogP contribution in [0.25, 0.3) is 22.5 Å². The number of nitrogens with two attached hydrogens (primary N) is 1. The summed E-state index contributed by atoms with van der Waals surface area (Å²) in [6, 6.07) is 15.2. The lowest BCUT2D eigenvalue weighted by Gasteiger charge is -2.20. The number of anilines is 1. The lowest BCUT2D eigenvalue weighted by molar-refractivity contribution is 0.100. The van der Waals surface area contributed by atoms with Crippen LogP contribution in [-0.4, -0.2) is 27.6 Å². The zero-order chi connectivity index (χ0) is 20.5. The average molecular weight is 401 g/mol. The highest BCUT2D eigenvalue weighted by atomic mass is 16.5. The Morgan fingerprint density at radius 1 is 1.10 bits per heavy atom. The molecule has 0 spiro atoms. The summed E-state index contributed by atoms with van der Waals surface area (Å²) < 4.78 is 11.2. The summed E-state index contributed by atoms with van der Waals surface area (Å²) in [7, 11) is 0. The first-order valence-corrected chi connectivity index (χ1v) is 9.71. The van der Waals surface area contributed by atoms with E-state index in [0.29, 0.717) is 47.3 Å². The number of ether oxygens (including phenoxy) is 1. The summed E-state index contributed by atoms with van der Waals surface area (Å²) in [5, 5.41) is 8.15. The lowest BCUT2D eigenvalue weighted by atomic mass is 10.1. The van der Waals surface area contributed by atoms with Crippen molar-refractivity contribution in [3.63, 3.8) is 0 Å². The van der Waals surface area contributed by atoms with Gasteiger partial charge < -0.3 is 20.3 Å². The largest absolute Gasteiger partial charge is 0.477 e. The zero-order valence-electron chi connectivity index (χ0n) is 16.1. The number of carbonyl (C=O) groups excluding carboxylic acids is 1. The van der Waals surface area contributed by atoms with E-state index >= 15 is 0 Å². The fourth-order valence-corrected chi connectivity index (χ4v) is 3.58. The van der Waals surface area contributed by atoms with Gasteiger partial charge in [-0.05, 0) is 30.5 Å². The maximum atomic E-state index is 11.7. The van der Waals surface area contributed by atoms with Crippen LogP contribution in [-0.2, 0) is 13.0 Å². The quantitative estimate of drug-likeness (QED) is 0.527. The van der Waals surface area contributed by atoms with E-state index in [9.17, 15) is 4.79 Å². The third-order valence-corrected chi connectivity index (χ3v) is 5.06. The monoisotopic (exact) mass is 401 g/mol. The van der Waals surface area contributed by atoms with Crippen LogP contribution in [0, 0.1) is 0 Å². The van der Waals surface area contributed by atoms with Crippen molar-refractivity contribution < 1.29 is 14.1 Å². The molecule has 1 amide bonds. The van der Waals surface area contributed by atoms with Crippen LogP contribution in [0.15, 0.2) is 53.1 Å². The van der Waals surface area contributed by atoms with E-state index in [0.717, 1.165) is 24.0 Å². The first-order valence-electron chi connectivity index (χ1n) is 9.71. The standard InChI is InChI=1S/C22H19N5O3/c23-19(28)15-9-4-8-14-17(27-30-18(14)15)21-25-20(16-10-5-11-29-22(16)26-21)24-12-13-6-2-1-3-7-13/h1-4,6-9H,5,10-12H2,(H2,23,28)(H,24,25,26). The van der Waals surface area contributed by atoms with Gasteiger partial charge in [0.1, 0.15) is 5.82 Å². The number of carbonyl (C=O) groups is 1. The minimum Gasteiger partial charge on any atom is -0.477 e. The molecule has 1 aliphatic heterocycles. The number of hydrogen-bond donors (Lipinski definition) is 2. The van der Waals surface area contributed by atoms with Gasteiger partial charge in [0.2, 0.25) is 5.88 Å². The highest BCUT2D eigenvalue weighted by molar-refractivity contribution is 6.06. The first kappa shape index (κ1) is 18.1. The van der Waals surface area contributed by atoms with Crippen LogP contribution in [0.5, 0.6) is 5.88 Å². The van der Waals surface area contributed by atoms with E-state index in [1.54, 1.807) is 18.2 Å². The maximum absolute atomic E-state index is 11.7. The Morgan fingerprint density at radius 3 is 2.80 bits per heavy atom. The molecule has 30 heavy (non-hydrogen) atoms. The average Bonchev–Trinajstić information content (AvgIpc) is 3.22. The van der Waals surface area contributed by atoms with Crippen molar-refractivity contribution in [2.24, 2.45) is 5.73 Å². The van der Waals surface area contributed by atoms with Crippen molar-refractivity contribution in [1.82, 2.24) is 15.1 Å². The molecular weight excluding hydrogens is 382 g/mol. The minimum absolute atomic E-state index is 0.267. The Kier molecular flexibility index (Phi) is 4.51. The molecule has 8 nitrogen and oxygen atoms in total. The normalized spacial score (nSPS) is 12.9. The number of nitrogens with one attached hydrogen (secondary N) is 1. The second-order valence-electron chi connectivity index (χ2n) is 7.05. The molecule has 0 unspecified atom stereocenters. The number of benzene rings is 2. The molecule has 2 aromatic heterocycles. The Bertz CT molecular complexity index is 1240. The van der Waals surface area contributed by atoms with Crippen molar-refractivity contribution in [2.75, 3.05) is 11.9 Å². The molecule has 0 radical (unpaired) electrons. The van der Waals surface area contributed by atoms with Gasteiger partial charge in [-0.2, -0.15) is 4.98 Å². The van der Waals surface area contributed by atoms with Crippen LogP contribution in [0.3, 0.4) is 0 Å². The number of rotatable bonds is 5. The number of amides is 1. The molecule has 0 saturated heterocycles. The predicted molar refractivity (Wildman–Crippen MR) is 111 cm³/mol. The second-order valence-corrected chi connectivity index (χ2v) is 7.05. The van der Waals surface area contributed by atoms with Crippen LogP contribution < -0.4 is 15.8 Å². The number of primary amides is 1. The summed E-state index contributed by atoms with van der Waals surface area (Å²) in [5.74, 6) is 1.04. The molecule has 150 valence electrons. The zero-order valence-corrected chi connectivity index (χ0v) is 16.1. The van der Waals surface area contributed by atoms with Crippen molar-refractivity contribution in [3.05, 3.63) is 65.2 Å². The molecule has 1 aliphatic rings. The SMILES string of the molecule is NC(=O)c1cccc2c(-c3nc(NCc4ccccc4)c4c(n3)OCCC4)noc12. The Labute approximate surface area is 172 Å². The topological polar surface area (TPSA) is 116 Å². The fraction of sp³-hybridized carbons (Fsp3) is 0.182. The van der Waals surface area contributed by atoms with Crippen molar-refractivity contribution in [1.29, 1.82) is 0 Å². The number of para-hydroxylation sites is 1. The summed E-state index contributed by atoms with van der Waals surface area (Å²) >= 11 is 0. The summed E-state index contributed by atoms with van der Waals surface area (Å²) in [4.78, 5) is 21.0. The number of nitrogens with zero attached hydrogens (tertiary/aromatic N) is 3. The number of fused-ring (bicyclic) bond motifs is 2. The van der Waals surface area contributed by atoms with Gasteiger partial charge in [-0.1, -0.05) is 41.6 Å². The molecule has 0 bridgehead atoms. The second kappa shape index (κ2) is 7.47. The predicted octanol–water partition coefficient (Wildman–Crippen LogP) is 3.32.